The van der Waals surface area contributed by atoms with Gasteiger partial charge in [0, 0.05) is 52.1 Å². The zero-order valence-corrected chi connectivity index (χ0v) is 12.9. The molecule has 1 aromatic rings. The summed E-state index contributed by atoms with van der Waals surface area (Å²) in [5.74, 6) is 0. The summed E-state index contributed by atoms with van der Waals surface area (Å²) in [6.45, 7) is 7.94. The molecule has 1 fully saturated rings. The van der Waals surface area contributed by atoms with Gasteiger partial charge in [-0.2, -0.15) is 11.8 Å². The molecule has 100 valence electrons. The van der Waals surface area contributed by atoms with Crippen molar-refractivity contribution >= 4 is 22.6 Å². The zero-order chi connectivity index (χ0) is 13.1. The predicted molar refractivity (Wildman–Crippen MR) is 80.6 cm³/mol. The van der Waals surface area contributed by atoms with Crippen LogP contribution < -0.4 is 0 Å². The largest absolute Gasteiger partial charge is 0.297 e. The van der Waals surface area contributed by atoms with Crippen LogP contribution in [0.3, 0.4) is 0 Å². The average molecular weight is 283 g/mol. The van der Waals surface area contributed by atoms with Gasteiger partial charge in [-0.3, -0.25) is 9.11 Å². The summed E-state index contributed by atoms with van der Waals surface area (Å²) in [6.07, 6.45) is 1.72. The van der Waals surface area contributed by atoms with E-state index in [9.17, 15) is 4.21 Å². The maximum atomic E-state index is 11.3. The molecule has 0 N–H and O–H groups in total. The average Bonchev–Trinajstić information content (AvgIpc) is 2.28. The van der Waals surface area contributed by atoms with Crippen molar-refractivity contribution in [3.05, 3.63) is 29.8 Å². The first-order valence-electron chi connectivity index (χ1n) is 6.35. The Hall–Kier alpha value is -0.320. The summed E-state index contributed by atoms with van der Waals surface area (Å²) in [7, 11) is -0.872. The van der Waals surface area contributed by atoms with E-state index in [0.29, 0.717) is 0 Å². The van der Waals surface area contributed by atoms with Crippen LogP contribution in [0.15, 0.2) is 29.2 Å². The number of thioether (sulfide) groups is 1. The Morgan fingerprint density at radius 3 is 2.28 bits per heavy atom. The third kappa shape index (κ3) is 3.84. The molecule has 2 nitrogen and oxygen atoms in total. The first-order valence-corrected chi connectivity index (χ1v) is 8.85. The van der Waals surface area contributed by atoms with Crippen molar-refractivity contribution < 1.29 is 4.21 Å². The lowest BCUT2D eigenvalue weighted by Gasteiger charge is -2.34. The smallest absolute Gasteiger partial charge is 0.0498 e. The van der Waals surface area contributed by atoms with Gasteiger partial charge in [0.15, 0.2) is 0 Å². The first-order chi connectivity index (χ1) is 8.54. The van der Waals surface area contributed by atoms with E-state index in [-0.39, 0.29) is 0 Å². The lowest BCUT2D eigenvalue weighted by atomic mass is 10.2. The van der Waals surface area contributed by atoms with Crippen LogP contribution in [0, 0.1) is 0 Å². The van der Waals surface area contributed by atoms with Crippen molar-refractivity contribution in [3.63, 3.8) is 0 Å². The molecular formula is C14H21NOS2. The standard InChI is InChI=1S/C14H21NOS2/c1-11-8-15(9-12(2)17-11)10-13-4-6-14(7-5-13)18(3)16/h4-7,11-12H,8-10H2,1-3H3/t11-,12+,18-/m0/s1. The maximum absolute atomic E-state index is 11.3. The molecule has 4 heteroatoms. The molecule has 3 atom stereocenters. The van der Waals surface area contributed by atoms with Crippen molar-refractivity contribution in [2.75, 3.05) is 19.3 Å². The van der Waals surface area contributed by atoms with Gasteiger partial charge in [0.1, 0.15) is 0 Å². The second-order valence-electron chi connectivity index (χ2n) is 5.05. The Labute approximate surface area is 117 Å². The minimum absolute atomic E-state index is 0.719. The van der Waals surface area contributed by atoms with Crippen molar-refractivity contribution in [3.8, 4) is 0 Å². The summed E-state index contributed by atoms with van der Waals surface area (Å²) in [5, 5.41) is 1.44. The van der Waals surface area contributed by atoms with Gasteiger partial charge in [0.05, 0.1) is 0 Å². The third-order valence-electron chi connectivity index (χ3n) is 3.16. The summed E-state index contributed by atoms with van der Waals surface area (Å²) < 4.78 is 11.3. The number of hydrogen-bond donors (Lipinski definition) is 0. The normalized spacial score (nSPS) is 27.1. The van der Waals surface area contributed by atoms with E-state index in [0.717, 1.165) is 35.0 Å². The van der Waals surface area contributed by atoms with Crippen molar-refractivity contribution in [2.24, 2.45) is 0 Å². The maximum Gasteiger partial charge on any atom is 0.0498 e. The minimum atomic E-state index is -0.872. The van der Waals surface area contributed by atoms with Gasteiger partial charge in [-0.25, -0.2) is 0 Å². The van der Waals surface area contributed by atoms with Gasteiger partial charge in [0.2, 0.25) is 0 Å². The molecule has 1 saturated heterocycles. The molecule has 0 radical (unpaired) electrons. The highest BCUT2D eigenvalue weighted by Crippen LogP contribution is 2.25. The van der Waals surface area contributed by atoms with Crippen LogP contribution in [0.5, 0.6) is 0 Å². The number of hydrogen-bond acceptors (Lipinski definition) is 3. The van der Waals surface area contributed by atoms with Gasteiger partial charge in [-0.15, -0.1) is 0 Å². The minimum Gasteiger partial charge on any atom is -0.297 e. The molecule has 0 bridgehead atoms. The van der Waals surface area contributed by atoms with Gasteiger partial charge in [-0.1, -0.05) is 26.0 Å². The number of rotatable bonds is 3. The monoisotopic (exact) mass is 283 g/mol. The van der Waals surface area contributed by atoms with E-state index in [4.69, 9.17) is 0 Å². The molecular weight excluding hydrogens is 262 g/mol. The quantitative estimate of drug-likeness (QED) is 0.851. The SMILES string of the molecule is C[C@@H]1CN(Cc2ccc([S@](C)=O)cc2)C[C@H](C)S1. The predicted octanol–water partition coefficient (Wildman–Crippen LogP) is 2.75. The van der Waals surface area contributed by atoms with Gasteiger partial charge >= 0.3 is 0 Å². The lowest BCUT2D eigenvalue weighted by molar-refractivity contribution is 0.263. The fraction of sp³-hybridized carbons (Fsp3) is 0.571. The molecule has 0 spiro atoms. The topological polar surface area (TPSA) is 20.3 Å². The Bertz CT molecular complexity index is 408. The Balaban J connectivity index is 1.98. The summed E-state index contributed by atoms with van der Waals surface area (Å²) in [5.41, 5.74) is 1.32. The van der Waals surface area contributed by atoms with E-state index >= 15 is 0 Å². The van der Waals surface area contributed by atoms with E-state index in [1.165, 1.54) is 5.56 Å². The highest BCUT2D eigenvalue weighted by Gasteiger charge is 2.21. The molecule has 1 heterocycles. The van der Waals surface area contributed by atoms with Crippen molar-refractivity contribution in [1.82, 2.24) is 4.90 Å². The summed E-state index contributed by atoms with van der Waals surface area (Å²) in [4.78, 5) is 3.43. The van der Waals surface area contributed by atoms with Gasteiger partial charge < -0.3 is 0 Å². The van der Waals surface area contributed by atoms with Crippen molar-refractivity contribution in [2.45, 2.75) is 35.8 Å². The molecule has 0 unspecified atom stereocenters. The first kappa shape index (κ1) is 14.1. The highest BCUT2D eigenvalue weighted by molar-refractivity contribution is 8.00. The number of benzene rings is 1. The van der Waals surface area contributed by atoms with Crippen LogP contribution in [0.4, 0.5) is 0 Å². The van der Waals surface area contributed by atoms with Gasteiger partial charge in [0.25, 0.3) is 0 Å². The molecule has 2 rings (SSSR count). The van der Waals surface area contributed by atoms with E-state index < -0.39 is 10.8 Å². The van der Waals surface area contributed by atoms with Crippen LogP contribution in [-0.2, 0) is 17.3 Å². The molecule has 0 saturated carbocycles. The van der Waals surface area contributed by atoms with Gasteiger partial charge in [-0.05, 0) is 17.7 Å². The Kier molecular flexibility index (Phi) is 4.87. The molecule has 0 aliphatic carbocycles. The Morgan fingerprint density at radius 1 is 1.22 bits per heavy atom. The molecule has 1 aliphatic heterocycles. The molecule has 1 aliphatic rings. The van der Waals surface area contributed by atoms with Crippen LogP contribution in [0.25, 0.3) is 0 Å². The second-order valence-corrected chi connectivity index (χ2v) is 8.31. The third-order valence-corrected chi connectivity index (χ3v) is 5.32. The zero-order valence-electron chi connectivity index (χ0n) is 11.3. The fourth-order valence-electron chi connectivity index (χ4n) is 2.46. The van der Waals surface area contributed by atoms with E-state index in [1.54, 1.807) is 6.26 Å². The van der Waals surface area contributed by atoms with E-state index in [1.807, 2.05) is 12.1 Å². The van der Waals surface area contributed by atoms with Crippen LogP contribution in [0.1, 0.15) is 19.4 Å². The number of nitrogens with zero attached hydrogens (tertiary/aromatic N) is 1. The second kappa shape index (κ2) is 6.22. The molecule has 0 aromatic heterocycles. The lowest BCUT2D eigenvalue weighted by Crippen LogP contribution is -2.39. The van der Waals surface area contributed by atoms with Crippen LogP contribution >= 0.6 is 11.8 Å². The Morgan fingerprint density at radius 2 is 1.78 bits per heavy atom. The summed E-state index contributed by atoms with van der Waals surface area (Å²) >= 11 is 2.08. The fourth-order valence-corrected chi connectivity index (χ4v) is 4.36. The molecule has 0 amide bonds. The van der Waals surface area contributed by atoms with Crippen molar-refractivity contribution in [1.29, 1.82) is 0 Å². The van der Waals surface area contributed by atoms with Crippen LogP contribution in [0.2, 0.25) is 0 Å². The molecule has 18 heavy (non-hydrogen) atoms. The highest BCUT2D eigenvalue weighted by atomic mass is 32.2. The van der Waals surface area contributed by atoms with Crippen LogP contribution in [-0.4, -0.2) is 39.0 Å². The molecule has 1 aromatic carbocycles. The van der Waals surface area contributed by atoms with E-state index in [2.05, 4.69) is 42.6 Å². The summed E-state index contributed by atoms with van der Waals surface area (Å²) in [6, 6.07) is 8.18.